The lowest BCUT2D eigenvalue weighted by molar-refractivity contribution is -0.384. The largest absolute Gasteiger partial charge is 0.481 e. The van der Waals surface area contributed by atoms with Gasteiger partial charge in [0.25, 0.3) is 11.6 Å². The monoisotopic (exact) mass is 358 g/mol. The van der Waals surface area contributed by atoms with E-state index in [0.29, 0.717) is 18.7 Å². The summed E-state index contributed by atoms with van der Waals surface area (Å²) < 4.78 is 5.28. The fourth-order valence-corrected chi connectivity index (χ4v) is 2.30. The Kier molecular flexibility index (Phi) is 6.38. The Balaban J connectivity index is 1.91. The summed E-state index contributed by atoms with van der Waals surface area (Å²) >= 11 is 5.94. The van der Waals surface area contributed by atoms with E-state index in [2.05, 4.69) is 11.2 Å². The molecule has 0 radical (unpaired) electrons. The van der Waals surface area contributed by atoms with Crippen LogP contribution in [0.15, 0.2) is 42.5 Å². The second kappa shape index (κ2) is 8.71. The Morgan fingerprint density at radius 1 is 1.28 bits per heavy atom. The fraction of sp³-hybridized carbons (Fsp3) is 0.167. The quantitative estimate of drug-likeness (QED) is 0.468. The molecular weight excluding hydrogens is 344 g/mol. The number of carbonyl (C=O) groups excluding carboxylic acids is 1. The molecule has 0 bridgehead atoms. The van der Waals surface area contributed by atoms with Crippen LogP contribution in [0.2, 0.25) is 5.02 Å². The van der Waals surface area contributed by atoms with E-state index in [0.717, 1.165) is 11.6 Å². The predicted molar refractivity (Wildman–Crippen MR) is 94.9 cm³/mol. The van der Waals surface area contributed by atoms with E-state index in [1.54, 1.807) is 12.1 Å². The standard InChI is InChI=1S/C18H15ClN2O4/c1-2-11-25-15-6-3-13(4-7-15)9-10-20-18(22)16-12-14(21(23)24)5-8-17(16)19/h1,3-8,12H,9-11H2,(H,20,22). The van der Waals surface area contributed by atoms with E-state index < -0.39 is 10.8 Å². The molecule has 1 N–H and O–H groups in total. The average Bonchev–Trinajstić information content (AvgIpc) is 2.61. The lowest BCUT2D eigenvalue weighted by atomic mass is 10.1. The molecule has 6 nitrogen and oxygen atoms in total. The van der Waals surface area contributed by atoms with Crippen molar-refractivity contribution in [3.63, 3.8) is 0 Å². The number of rotatable bonds is 7. The molecule has 7 heteroatoms. The van der Waals surface area contributed by atoms with Crippen LogP contribution in [-0.4, -0.2) is 24.0 Å². The highest BCUT2D eigenvalue weighted by Gasteiger charge is 2.15. The molecule has 0 unspecified atom stereocenters. The molecule has 1 amide bonds. The highest BCUT2D eigenvalue weighted by molar-refractivity contribution is 6.33. The highest BCUT2D eigenvalue weighted by atomic mass is 35.5. The molecule has 2 aromatic carbocycles. The SMILES string of the molecule is C#CCOc1ccc(CCNC(=O)c2cc([N+](=O)[O-])ccc2Cl)cc1. The third-order valence-corrected chi connectivity index (χ3v) is 3.68. The van der Waals surface area contributed by atoms with Crippen molar-refractivity contribution >= 4 is 23.2 Å². The molecule has 0 atom stereocenters. The Labute approximate surface area is 149 Å². The zero-order chi connectivity index (χ0) is 18.2. The van der Waals surface area contributed by atoms with Crippen LogP contribution in [0, 0.1) is 22.5 Å². The van der Waals surface area contributed by atoms with E-state index in [1.807, 2.05) is 12.1 Å². The number of hydrogen-bond acceptors (Lipinski definition) is 4. The molecule has 0 saturated carbocycles. The van der Waals surface area contributed by atoms with Crippen molar-refractivity contribution in [2.75, 3.05) is 13.2 Å². The normalized spacial score (nSPS) is 9.92. The van der Waals surface area contributed by atoms with E-state index in [9.17, 15) is 14.9 Å². The number of halogens is 1. The molecule has 0 heterocycles. The van der Waals surface area contributed by atoms with Crippen molar-refractivity contribution in [3.05, 3.63) is 68.7 Å². The van der Waals surface area contributed by atoms with Crippen LogP contribution in [0.4, 0.5) is 5.69 Å². The van der Waals surface area contributed by atoms with E-state index in [-0.39, 0.29) is 22.9 Å². The number of nitro benzene ring substituents is 1. The number of non-ortho nitro benzene ring substituents is 1. The summed E-state index contributed by atoms with van der Waals surface area (Å²) in [5.41, 5.74) is 0.893. The number of benzene rings is 2. The lowest BCUT2D eigenvalue weighted by Crippen LogP contribution is -2.26. The van der Waals surface area contributed by atoms with Crippen molar-refractivity contribution in [1.82, 2.24) is 5.32 Å². The molecule has 0 aliphatic rings. The summed E-state index contributed by atoms with van der Waals surface area (Å²) in [6, 6.07) is 11.1. The molecule has 2 aromatic rings. The maximum Gasteiger partial charge on any atom is 0.270 e. The predicted octanol–water partition coefficient (Wildman–Crippen LogP) is 3.23. The molecule has 0 aliphatic heterocycles. The number of carbonyl (C=O) groups is 1. The minimum absolute atomic E-state index is 0.0777. The summed E-state index contributed by atoms with van der Waals surface area (Å²) in [5, 5.41) is 13.7. The molecular formula is C18H15ClN2O4. The van der Waals surface area contributed by atoms with Crippen LogP contribution in [0.25, 0.3) is 0 Å². The number of ether oxygens (including phenoxy) is 1. The second-order valence-corrected chi connectivity index (χ2v) is 5.47. The van der Waals surface area contributed by atoms with Crippen molar-refractivity contribution in [2.24, 2.45) is 0 Å². The van der Waals surface area contributed by atoms with Crippen LogP contribution < -0.4 is 10.1 Å². The van der Waals surface area contributed by atoms with Crippen molar-refractivity contribution < 1.29 is 14.5 Å². The van der Waals surface area contributed by atoms with Crippen molar-refractivity contribution in [3.8, 4) is 18.1 Å². The van der Waals surface area contributed by atoms with Crippen molar-refractivity contribution in [2.45, 2.75) is 6.42 Å². The van der Waals surface area contributed by atoms with Gasteiger partial charge in [0.05, 0.1) is 15.5 Å². The van der Waals surface area contributed by atoms with Crippen LogP contribution in [0.1, 0.15) is 15.9 Å². The molecule has 0 fully saturated rings. The second-order valence-electron chi connectivity index (χ2n) is 5.06. The van der Waals surface area contributed by atoms with Gasteiger partial charge in [0, 0.05) is 18.7 Å². The first-order valence-corrected chi connectivity index (χ1v) is 7.76. The first-order valence-electron chi connectivity index (χ1n) is 7.38. The minimum atomic E-state index is -0.572. The molecule has 2 rings (SSSR count). The number of hydrogen-bond donors (Lipinski definition) is 1. The number of amides is 1. The maximum absolute atomic E-state index is 12.1. The van der Waals surface area contributed by atoms with Crippen LogP contribution in [0.3, 0.4) is 0 Å². The summed E-state index contributed by atoms with van der Waals surface area (Å²) in [6.07, 6.45) is 5.71. The van der Waals surface area contributed by atoms with Gasteiger partial charge < -0.3 is 10.1 Å². The Hall–Kier alpha value is -3.04. The van der Waals surface area contributed by atoms with Gasteiger partial charge in [-0.15, -0.1) is 6.42 Å². The Morgan fingerprint density at radius 3 is 2.64 bits per heavy atom. The number of nitrogens with one attached hydrogen (secondary N) is 1. The summed E-state index contributed by atoms with van der Waals surface area (Å²) in [5.74, 6) is 2.61. The molecule has 0 aromatic heterocycles. The zero-order valence-electron chi connectivity index (χ0n) is 13.2. The Bertz CT molecular complexity index is 813. The smallest absolute Gasteiger partial charge is 0.270 e. The first-order chi connectivity index (χ1) is 12.0. The van der Waals surface area contributed by atoms with Gasteiger partial charge >= 0.3 is 0 Å². The Morgan fingerprint density at radius 2 is 2.00 bits per heavy atom. The van der Waals surface area contributed by atoms with Gasteiger partial charge in [-0.25, -0.2) is 0 Å². The lowest BCUT2D eigenvalue weighted by Gasteiger charge is -2.08. The summed E-state index contributed by atoms with van der Waals surface area (Å²) in [4.78, 5) is 22.4. The number of terminal acetylenes is 1. The highest BCUT2D eigenvalue weighted by Crippen LogP contribution is 2.22. The first kappa shape index (κ1) is 18.3. The molecule has 0 spiro atoms. The van der Waals surface area contributed by atoms with Crippen LogP contribution in [-0.2, 0) is 6.42 Å². The third-order valence-electron chi connectivity index (χ3n) is 3.35. The van der Waals surface area contributed by atoms with Gasteiger partial charge in [-0.05, 0) is 30.2 Å². The van der Waals surface area contributed by atoms with E-state index >= 15 is 0 Å². The molecule has 0 saturated heterocycles. The van der Waals surface area contributed by atoms with Gasteiger partial charge in [-0.2, -0.15) is 0 Å². The minimum Gasteiger partial charge on any atom is -0.481 e. The summed E-state index contributed by atoms with van der Waals surface area (Å²) in [6.45, 7) is 0.571. The average molecular weight is 359 g/mol. The molecule has 128 valence electrons. The fourth-order valence-electron chi connectivity index (χ4n) is 2.09. The maximum atomic E-state index is 12.1. The van der Waals surface area contributed by atoms with E-state index in [1.165, 1.54) is 12.1 Å². The van der Waals surface area contributed by atoms with Gasteiger partial charge in [-0.1, -0.05) is 29.7 Å². The van der Waals surface area contributed by atoms with Gasteiger partial charge in [0.15, 0.2) is 0 Å². The van der Waals surface area contributed by atoms with Gasteiger partial charge in [0.2, 0.25) is 0 Å². The molecule has 0 aliphatic carbocycles. The van der Waals surface area contributed by atoms with Crippen molar-refractivity contribution in [1.29, 1.82) is 0 Å². The molecule has 25 heavy (non-hydrogen) atoms. The number of nitro groups is 1. The summed E-state index contributed by atoms with van der Waals surface area (Å²) in [7, 11) is 0. The topological polar surface area (TPSA) is 81.5 Å². The zero-order valence-corrected chi connectivity index (χ0v) is 14.0. The van der Waals surface area contributed by atoms with Crippen LogP contribution >= 0.6 is 11.6 Å². The van der Waals surface area contributed by atoms with Gasteiger partial charge in [0.1, 0.15) is 12.4 Å². The third kappa shape index (κ3) is 5.23. The number of nitrogens with zero attached hydrogens (tertiary/aromatic N) is 1. The van der Waals surface area contributed by atoms with Crippen LogP contribution in [0.5, 0.6) is 5.75 Å². The van der Waals surface area contributed by atoms with E-state index in [4.69, 9.17) is 22.8 Å². The van der Waals surface area contributed by atoms with Gasteiger partial charge in [-0.3, -0.25) is 14.9 Å².